The summed E-state index contributed by atoms with van der Waals surface area (Å²) < 4.78 is 5.98. The largest absolute Gasteiger partial charge is 0.488 e. The van der Waals surface area contributed by atoms with Crippen LogP contribution in [-0.2, 0) is 11.2 Å². The Morgan fingerprint density at radius 3 is 2.76 bits per heavy atom. The molecule has 0 aliphatic carbocycles. The molecule has 0 aromatic heterocycles. The number of carbonyl (C=O) groups excluding carboxylic acids is 1. The summed E-state index contributed by atoms with van der Waals surface area (Å²) in [6.07, 6.45) is 2.71. The SMILES string of the molecule is O=C(NC[C@H]1CCc2ccccc2O1)C1CC(c2ccccc2)NN1. The lowest BCUT2D eigenvalue weighted by Gasteiger charge is -2.26. The molecule has 25 heavy (non-hydrogen) atoms. The minimum atomic E-state index is -0.221. The molecule has 2 aliphatic rings. The summed E-state index contributed by atoms with van der Waals surface area (Å²) in [5.74, 6) is 0.964. The van der Waals surface area contributed by atoms with Crippen molar-refractivity contribution in [2.75, 3.05) is 6.54 Å². The number of aryl methyl sites for hydroxylation is 1. The van der Waals surface area contributed by atoms with Gasteiger partial charge in [-0.2, -0.15) is 0 Å². The van der Waals surface area contributed by atoms with E-state index < -0.39 is 0 Å². The van der Waals surface area contributed by atoms with Gasteiger partial charge >= 0.3 is 0 Å². The van der Waals surface area contributed by atoms with Crippen molar-refractivity contribution in [3.63, 3.8) is 0 Å². The lowest BCUT2D eigenvalue weighted by molar-refractivity contribution is -0.123. The average Bonchev–Trinajstić information content (AvgIpc) is 3.17. The molecule has 1 saturated heterocycles. The highest BCUT2D eigenvalue weighted by Crippen LogP contribution is 2.27. The molecule has 0 radical (unpaired) electrons. The first kappa shape index (κ1) is 16.1. The Bertz CT molecular complexity index is 735. The van der Waals surface area contributed by atoms with E-state index in [1.165, 1.54) is 11.1 Å². The molecule has 0 saturated carbocycles. The molecule has 5 nitrogen and oxygen atoms in total. The number of hydrogen-bond acceptors (Lipinski definition) is 4. The third-order valence-corrected chi connectivity index (χ3v) is 4.93. The molecule has 2 heterocycles. The molecule has 1 amide bonds. The number of hydrazine groups is 1. The molecule has 0 bridgehead atoms. The number of rotatable bonds is 4. The number of fused-ring (bicyclic) bond motifs is 1. The Morgan fingerprint density at radius 2 is 1.88 bits per heavy atom. The third-order valence-electron chi connectivity index (χ3n) is 4.93. The number of para-hydroxylation sites is 1. The molecule has 5 heteroatoms. The van der Waals surface area contributed by atoms with Crippen LogP contribution in [0.1, 0.15) is 30.0 Å². The molecular formula is C20H23N3O2. The summed E-state index contributed by atoms with van der Waals surface area (Å²) in [7, 11) is 0. The first-order valence-electron chi connectivity index (χ1n) is 8.88. The number of nitrogens with one attached hydrogen (secondary N) is 3. The van der Waals surface area contributed by atoms with Crippen molar-refractivity contribution in [3.05, 3.63) is 65.7 Å². The fourth-order valence-corrected chi connectivity index (χ4v) is 3.49. The third kappa shape index (κ3) is 3.67. The van der Waals surface area contributed by atoms with Gasteiger partial charge in [0.15, 0.2) is 0 Å². The summed E-state index contributed by atoms with van der Waals surface area (Å²) >= 11 is 0. The average molecular weight is 337 g/mol. The number of hydrogen-bond donors (Lipinski definition) is 3. The van der Waals surface area contributed by atoms with E-state index in [2.05, 4.69) is 34.4 Å². The van der Waals surface area contributed by atoms with Crippen LogP contribution in [0.5, 0.6) is 5.75 Å². The van der Waals surface area contributed by atoms with Crippen LogP contribution in [0.15, 0.2) is 54.6 Å². The van der Waals surface area contributed by atoms with Crippen LogP contribution in [0.2, 0.25) is 0 Å². The molecule has 4 rings (SSSR count). The van der Waals surface area contributed by atoms with E-state index in [4.69, 9.17) is 4.74 Å². The molecule has 2 aromatic rings. The Morgan fingerprint density at radius 1 is 1.08 bits per heavy atom. The summed E-state index contributed by atoms with van der Waals surface area (Å²) in [4.78, 5) is 12.4. The minimum absolute atomic E-state index is 0.0217. The summed E-state index contributed by atoms with van der Waals surface area (Å²) in [5.41, 5.74) is 8.76. The van der Waals surface area contributed by atoms with Crippen molar-refractivity contribution >= 4 is 5.91 Å². The van der Waals surface area contributed by atoms with E-state index in [1.54, 1.807) is 0 Å². The molecule has 2 aliphatic heterocycles. The van der Waals surface area contributed by atoms with Crippen LogP contribution in [0.25, 0.3) is 0 Å². The van der Waals surface area contributed by atoms with Crippen LogP contribution < -0.4 is 20.9 Å². The van der Waals surface area contributed by atoms with Crippen LogP contribution in [0, 0.1) is 0 Å². The van der Waals surface area contributed by atoms with Crippen LogP contribution in [0.3, 0.4) is 0 Å². The van der Waals surface area contributed by atoms with Gasteiger partial charge in [-0.3, -0.25) is 4.79 Å². The van der Waals surface area contributed by atoms with Gasteiger partial charge in [0.05, 0.1) is 6.54 Å². The quantitative estimate of drug-likeness (QED) is 0.800. The lowest BCUT2D eigenvalue weighted by Crippen LogP contribution is -2.46. The Hall–Kier alpha value is -2.37. The van der Waals surface area contributed by atoms with Gasteiger partial charge in [0, 0.05) is 6.04 Å². The second-order valence-corrected chi connectivity index (χ2v) is 6.67. The van der Waals surface area contributed by atoms with Gasteiger partial charge in [0.25, 0.3) is 0 Å². The van der Waals surface area contributed by atoms with Crippen molar-refractivity contribution in [1.29, 1.82) is 0 Å². The van der Waals surface area contributed by atoms with Gasteiger partial charge in [0.1, 0.15) is 17.9 Å². The Labute approximate surface area is 147 Å². The molecule has 2 unspecified atom stereocenters. The van der Waals surface area contributed by atoms with Gasteiger partial charge in [-0.05, 0) is 36.5 Å². The molecule has 3 atom stereocenters. The maximum absolute atomic E-state index is 12.4. The normalized spacial score (nSPS) is 25.0. The summed E-state index contributed by atoms with van der Waals surface area (Å²) in [5, 5.41) is 3.03. The van der Waals surface area contributed by atoms with E-state index in [0.717, 1.165) is 25.0 Å². The van der Waals surface area contributed by atoms with E-state index in [9.17, 15) is 4.79 Å². The van der Waals surface area contributed by atoms with E-state index in [-0.39, 0.29) is 24.1 Å². The minimum Gasteiger partial charge on any atom is -0.488 e. The van der Waals surface area contributed by atoms with E-state index in [0.29, 0.717) is 6.54 Å². The molecule has 130 valence electrons. The van der Waals surface area contributed by atoms with Crippen molar-refractivity contribution < 1.29 is 9.53 Å². The topological polar surface area (TPSA) is 62.4 Å². The van der Waals surface area contributed by atoms with Crippen molar-refractivity contribution in [3.8, 4) is 5.75 Å². The second-order valence-electron chi connectivity index (χ2n) is 6.67. The number of benzene rings is 2. The fourth-order valence-electron chi connectivity index (χ4n) is 3.49. The van der Waals surface area contributed by atoms with Gasteiger partial charge in [-0.1, -0.05) is 48.5 Å². The molecule has 1 fully saturated rings. The monoisotopic (exact) mass is 337 g/mol. The summed E-state index contributed by atoms with van der Waals surface area (Å²) in [6.45, 7) is 0.543. The van der Waals surface area contributed by atoms with E-state index >= 15 is 0 Å². The van der Waals surface area contributed by atoms with Crippen molar-refractivity contribution in [1.82, 2.24) is 16.2 Å². The standard InChI is InChI=1S/C20H23N3O2/c24-20(18-12-17(22-23-18)14-6-2-1-3-7-14)21-13-16-11-10-15-8-4-5-9-19(15)25-16/h1-9,16-18,22-23H,10-13H2,(H,21,24)/t16-,17?,18?/m1/s1. The zero-order valence-corrected chi connectivity index (χ0v) is 14.1. The van der Waals surface area contributed by atoms with Crippen molar-refractivity contribution in [2.45, 2.75) is 37.5 Å². The molecule has 2 aromatic carbocycles. The first-order chi connectivity index (χ1) is 12.3. The number of amides is 1. The molecular weight excluding hydrogens is 314 g/mol. The van der Waals surface area contributed by atoms with Gasteiger partial charge in [-0.25, -0.2) is 10.9 Å². The zero-order chi connectivity index (χ0) is 17.1. The summed E-state index contributed by atoms with van der Waals surface area (Å²) in [6, 6.07) is 18.2. The lowest BCUT2D eigenvalue weighted by atomic mass is 10.0. The van der Waals surface area contributed by atoms with Crippen LogP contribution >= 0.6 is 0 Å². The second kappa shape index (κ2) is 7.25. The smallest absolute Gasteiger partial charge is 0.238 e. The zero-order valence-electron chi connectivity index (χ0n) is 14.1. The van der Waals surface area contributed by atoms with Crippen LogP contribution in [0.4, 0.5) is 0 Å². The molecule has 0 spiro atoms. The fraction of sp³-hybridized carbons (Fsp3) is 0.350. The first-order valence-corrected chi connectivity index (χ1v) is 8.88. The van der Waals surface area contributed by atoms with Gasteiger partial charge in [-0.15, -0.1) is 0 Å². The van der Waals surface area contributed by atoms with Gasteiger partial charge in [0.2, 0.25) is 5.91 Å². The highest BCUT2D eigenvalue weighted by Gasteiger charge is 2.30. The van der Waals surface area contributed by atoms with Crippen LogP contribution in [-0.4, -0.2) is 24.6 Å². The Kier molecular flexibility index (Phi) is 4.68. The van der Waals surface area contributed by atoms with Crippen molar-refractivity contribution in [2.24, 2.45) is 0 Å². The Balaban J connectivity index is 1.27. The maximum atomic E-state index is 12.4. The van der Waals surface area contributed by atoms with E-state index in [1.807, 2.05) is 36.4 Å². The van der Waals surface area contributed by atoms with Gasteiger partial charge < -0.3 is 10.1 Å². The highest BCUT2D eigenvalue weighted by atomic mass is 16.5. The predicted molar refractivity (Wildman–Crippen MR) is 96.0 cm³/mol. The molecule has 3 N–H and O–H groups in total. The predicted octanol–water partition coefficient (Wildman–Crippen LogP) is 2.10. The highest BCUT2D eigenvalue weighted by molar-refractivity contribution is 5.82. The number of carbonyl (C=O) groups is 1. The maximum Gasteiger partial charge on any atom is 0.238 e. The number of ether oxygens (including phenoxy) is 1.